The molecule has 0 unspecified atom stereocenters. The van der Waals surface area contributed by atoms with E-state index in [1.807, 2.05) is 29.1 Å². The minimum absolute atomic E-state index is 0.107. The monoisotopic (exact) mass is 361 g/mol. The van der Waals surface area contributed by atoms with E-state index in [9.17, 15) is 4.79 Å². The molecule has 0 atom stereocenters. The number of benzene rings is 2. The molecule has 4 nitrogen and oxygen atoms in total. The van der Waals surface area contributed by atoms with Crippen molar-refractivity contribution in [1.29, 1.82) is 0 Å². The van der Waals surface area contributed by atoms with Gasteiger partial charge in [0.05, 0.1) is 5.69 Å². The molecule has 1 amide bonds. The first-order valence-corrected chi connectivity index (χ1v) is 9.56. The molecule has 1 N–H and O–H groups in total. The summed E-state index contributed by atoms with van der Waals surface area (Å²) in [5.41, 5.74) is 4.79. The zero-order valence-corrected chi connectivity index (χ0v) is 16.1. The van der Waals surface area contributed by atoms with E-state index < -0.39 is 0 Å². The molecular weight excluding hydrogens is 334 g/mol. The lowest BCUT2D eigenvalue weighted by atomic mass is 10.0. The molecule has 0 radical (unpaired) electrons. The highest BCUT2D eigenvalue weighted by Crippen LogP contribution is 2.15. The Morgan fingerprint density at radius 2 is 1.67 bits per heavy atom. The molecule has 4 heteroatoms. The highest BCUT2D eigenvalue weighted by molar-refractivity contribution is 5.76. The zero-order chi connectivity index (χ0) is 19.1. The van der Waals surface area contributed by atoms with Crippen molar-refractivity contribution >= 4 is 5.91 Å². The topological polar surface area (TPSA) is 46.9 Å². The Balaban J connectivity index is 1.39. The van der Waals surface area contributed by atoms with Crippen LogP contribution in [-0.2, 0) is 17.6 Å². The number of carbonyl (C=O) groups is 1. The predicted molar refractivity (Wildman–Crippen MR) is 109 cm³/mol. The van der Waals surface area contributed by atoms with Crippen molar-refractivity contribution in [3.63, 3.8) is 0 Å². The largest absolute Gasteiger partial charge is 0.356 e. The van der Waals surface area contributed by atoms with Crippen molar-refractivity contribution in [2.45, 2.75) is 39.0 Å². The first kappa shape index (κ1) is 18.9. The Labute approximate surface area is 161 Å². The Bertz CT molecular complexity index is 834. The van der Waals surface area contributed by atoms with E-state index in [1.54, 1.807) is 6.20 Å². The minimum atomic E-state index is 0.107. The van der Waals surface area contributed by atoms with Crippen LogP contribution < -0.4 is 5.32 Å². The summed E-state index contributed by atoms with van der Waals surface area (Å²) < 4.78 is 1.83. The second-order valence-electron chi connectivity index (χ2n) is 7.11. The van der Waals surface area contributed by atoms with Crippen LogP contribution in [0.1, 0.15) is 42.9 Å². The van der Waals surface area contributed by atoms with Gasteiger partial charge in [0.2, 0.25) is 5.91 Å². The lowest BCUT2D eigenvalue weighted by Crippen LogP contribution is -2.25. The maximum absolute atomic E-state index is 12.1. The maximum atomic E-state index is 12.1. The molecular formula is C23H27N3O. The fourth-order valence-electron chi connectivity index (χ4n) is 3.00. The van der Waals surface area contributed by atoms with Crippen molar-refractivity contribution in [2.75, 3.05) is 6.54 Å². The van der Waals surface area contributed by atoms with E-state index in [1.165, 1.54) is 16.7 Å². The molecule has 2 aromatic carbocycles. The van der Waals surface area contributed by atoms with E-state index in [0.29, 0.717) is 18.9 Å². The van der Waals surface area contributed by atoms with Crippen LogP contribution in [-0.4, -0.2) is 22.2 Å². The number of nitrogens with one attached hydrogen (secondary N) is 1. The number of aromatic nitrogens is 2. The summed E-state index contributed by atoms with van der Waals surface area (Å²) in [6, 6.07) is 18.7. The number of hydrogen-bond acceptors (Lipinski definition) is 2. The Kier molecular flexibility index (Phi) is 6.42. The first-order valence-electron chi connectivity index (χ1n) is 9.56. The number of amides is 1. The lowest BCUT2D eigenvalue weighted by molar-refractivity contribution is -0.121. The normalized spacial score (nSPS) is 10.9. The van der Waals surface area contributed by atoms with Crippen LogP contribution in [0.5, 0.6) is 0 Å². The van der Waals surface area contributed by atoms with E-state index >= 15 is 0 Å². The van der Waals surface area contributed by atoms with Gasteiger partial charge < -0.3 is 5.32 Å². The minimum Gasteiger partial charge on any atom is -0.356 e. The van der Waals surface area contributed by atoms with Crippen LogP contribution in [0.2, 0.25) is 0 Å². The predicted octanol–water partition coefficient (Wildman–Crippen LogP) is 4.29. The van der Waals surface area contributed by atoms with Crippen molar-refractivity contribution in [1.82, 2.24) is 15.1 Å². The number of hydrogen-bond donors (Lipinski definition) is 1. The highest BCUT2D eigenvalue weighted by atomic mass is 16.1. The van der Waals surface area contributed by atoms with Crippen molar-refractivity contribution in [2.24, 2.45) is 0 Å². The van der Waals surface area contributed by atoms with Gasteiger partial charge in [-0.05, 0) is 53.6 Å². The van der Waals surface area contributed by atoms with Gasteiger partial charge >= 0.3 is 0 Å². The number of carbonyl (C=O) groups excluding carboxylic acids is 1. The number of nitrogens with zero attached hydrogens (tertiary/aromatic N) is 2. The molecule has 1 heterocycles. The number of aryl methyl sites for hydroxylation is 1. The van der Waals surface area contributed by atoms with Crippen LogP contribution in [0.25, 0.3) is 5.69 Å². The van der Waals surface area contributed by atoms with E-state index in [4.69, 9.17) is 0 Å². The Morgan fingerprint density at radius 1 is 1.00 bits per heavy atom. The van der Waals surface area contributed by atoms with Crippen molar-refractivity contribution in [3.8, 4) is 5.69 Å². The molecule has 3 aromatic rings. The molecule has 0 fully saturated rings. The van der Waals surface area contributed by atoms with Crippen LogP contribution in [0, 0.1) is 0 Å². The molecule has 0 aliphatic heterocycles. The molecule has 0 saturated carbocycles. The molecule has 0 aliphatic rings. The summed E-state index contributed by atoms with van der Waals surface area (Å²) in [6.07, 6.45) is 5.82. The summed E-state index contributed by atoms with van der Waals surface area (Å²) in [5.74, 6) is 0.645. The SMILES string of the molecule is CC(C)c1ccc(CCC(=O)NCCc2ccc(-n3cccn3)cc2)cc1. The quantitative estimate of drug-likeness (QED) is 0.651. The third kappa shape index (κ3) is 5.55. The van der Waals surface area contributed by atoms with Gasteiger partial charge in [0.1, 0.15) is 0 Å². The number of rotatable bonds is 8. The van der Waals surface area contributed by atoms with Gasteiger partial charge in [-0.3, -0.25) is 4.79 Å². The lowest BCUT2D eigenvalue weighted by Gasteiger charge is -2.08. The molecule has 0 bridgehead atoms. The molecule has 1 aromatic heterocycles. The summed E-state index contributed by atoms with van der Waals surface area (Å²) in [7, 11) is 0. The van der Waals surface area contributed by atoms with Gasteiger partial charge in [-0.15, -0.1) is 0 Å². The van der Waals surface area contributed by atoms with Gasteiger partial charge in [-0.25, -0.2) is 4.68 Å². The third-order valence-corrected chi connectivity index (χ3v) is 4.73. The van der Waals surface area contributed by atoms with E-state index in [-0.39, 0.29) is 5.91 Å². The second-order valence-corrected chi connectivity index (χ2v) is 7.11. The first-order chi connectivity index (χ1) is 13.1. The molecule has 0 aliphatic carbocycles. The van der Waals surface area contributed by atoms with Crippen LogP contribution in [0.15, 0.2) is 67.0 Å². The third-order valence-electron chi connectivity index (χ3n) is 4.73. The van der Waals surface area contributed by atoms with Gasteiger partial charge in [0.25, 0.3) is 0 Å². The Hall–Kier alpha value is -2.88. The fraction of sp³-hybridized carbons (Fsp3) is 0.304. The van der Waals surface area contributed by atoms with Gasteiger partial charge in [-0.2, -0.15) is 5.10 Å². The summed E-state index contributed by atoms with van der Waals surface area (Å²) in [5, 5.41) is 7.24. The van der Waals surface area contributed by atoms with Crippen LogP contribution in [0.4, 0.5) is 0 Å². The van der Waals surface area contributed by atoms with Gasteiger partial charge in [0, 0.05) is 25.4 Å². The summed E-state index contributed by atoms with van der Waals surface area (Å²) in [6.45, 7) is 5.03. The van der Waals surface area contributed by atoms with Gasteiger partial charge in [0.15, 0.2) is 0 Å². The standard InChI is InChI=1S/C23H27N3O/c1-18(2)21-9-4-19(5-10-21)8-13-23(27)24-16-14-20-6-11-22(12-7-20)26-17-3-15-25-26/h3-7,9-12,15,17-18H,8,13-14,16H2,1-2H3,(H,24,27). The maximum Gasteiger partial charge on any atom is 0.220 e. The van der Waals surface area contributed by atoms with Crippen LogP contribution >= 0.6 is 0 Å². The van der Waals surface area contributed by atoms with E-state index in [2.05, 4.69) is 60.7 Å². The average Bonchev–Trinajstić information content (AvgIpc) is 3.22. The van der Waals surface area contributed by atoms with E-state index in [0.717, 1.165) is 18.5 Å². The fourth-order valence-corrected chi connectivity index (χ4v) is 3.00. The van der Waals surface area contributed by atoms with Crippen LogP contribution in [0.3, 0.4) is 0 Å². The molecule has 3 rings (SSSR count). The summed E-state index contributed by atoms with van der Waals surface area (Å²) in [4.78, 5) is 12.1. The zero-order valence-electron chi connectivity index (χ0n) is 16.1. The summed E-state index contributed by atoms with van der Waals surface area (Å²) >= 11 is 0. The average molecular weight is 361 g/mol. The molecule has 27 heavy (non-hydrogen) atoms. The van der Waals surface area contributed by atoms with Crippen molar-refractivity contribution in [3.05, 3.63) is 83.7 Å². The van der Waals surface area contributed by atoms with Gasteiger partial charge in [-0.1, -0.05) is 50.2 Å². The smallest absolute Gasteiger partial charge is 0.220 e. The van der Waals surface area contributed by atoms with Crippen molar-refractivity contribution < 1.29 is 4.79 Å². The molecule has 140 valence electrons. The molecule has 0 spiro atoms. The second kappa shape index (κ2) is 9.17. The Morgan fingerprint density at radius 3 is 2.30 bits per heavy atom. The molecule has 0 saturated heterocycles. The highest BCUT2D eigenvalue weighted by Gasteiger charge is 2.04.